The fourth-order valence-corrected chi connectivity index (χ4v) is 2.81. The molecular weight excluding hydrogens is 401 g/mol. The summed E-state index contributed by atoms with van der Waals surface area (Å²) in [5, 5.41) is 14.8. The van der Waals surface area contributed by atoms with Gasteiger partial charge in [0.25, 0.3) is 16.0 Å². The van der Waals surface area contributed by atoms with Crippen LogP contribution in [0, 0.1) is 11.3 Å². The van der Waals surface area contributed by atoms with Gasteiger partial charge in [0.15, 0.2) is 0 Å². The molecule has 0 aliphatic carbocycles. The zero-order chi connectivity index (χ0) is 19.3. The van der Waals surface area contributed by atoms with Crippen molar-refractivity contribution in [3.05, 3.63) is 64.3 Å². The summed E-state index contributed by atoms with van der Waals surface area (Å²) in [6.07, 6.45) is 1.10. The summed E-state index contributed by atoms with van der Waals surface area (Å²) in [5.41, 5.74) is 0.245. The van der Waals surface area contributed by atoms with Crippen molar-refractivity contribution in [3.8, 4) is 6.07 Å². The van der Waals surface area contributed by atoms with Gasteiger partial charge in [0.2, 0.25) is 0 Å². The standard InChI is InChI=1S/C16H11Cl2N3O4S/c17-11-4-5-15(14(18)6-11)21-16(22)10(8-19)9-20-12-2-1-3-13(7-12)26(23,24)25/h1-7,9,20H,(H,21,22)(H,23,24,25)/b10-9-. The molecule has 0 heterocycles. The average molecular weight is 412 g/mol. The first-order valence-electron chi connectivity index (χ1n) is 6.91. The molecule has 0 bridgehead atoms. The number of nitrogens with one attached hydrogen (secondary N) is 2. The molecule has 134 valence electrons. The van der Waals surface area contributed by atoms with Crippen molar-refractivity contribution in [3.63, 3.8) is 0 Å². The molecule has 0 saturated carbocycles. The third-order valence-electron chi connectivity index (χ3n) is 3.06. The second kappa shape index (κ2) is 8.21. The van der Waals surface area contributed by atoms with E-state index in [1.165, 1.54) is 36.4 Å². The van der Waals surface area contributed by atoms with Gasteiger partial charge in [-0.05, 0) is 36.4 Å². The molecule has 0 unspecified atom stereocenters. The summed E-state index contributed by atoms with van der Waals surface area (Å²) in [4.78, 5) is 11.8. The maximum Gasteiger partial charge on any atom is 0.294 e. The number of nitrogens with zero attached hydrogens (tertiary/aromatic N) is 1. The highest BCUT2D eigenvalue weighted by molar-refractivity contribution is 7.85. The molecule has 0 aliphatic rings. The summed E-state index contributed by atoms with van der Waals surface area (Å²) < 4.78 is 31.3. The summed E-state index contributed by atoms with van der Waals surface area (Å²) in [5.74, 6) is -0.727. The minimum atomic E-state index is -4.37. The van der Waals surface area contributed by atoms with Crippen molar-refractivity contribution in [2.24, 2.45) is 0 Å². The van der Waals surface area contributed by atoms with Gasteiger partial charge in [-0.2, -0.15) is 13.7 Å². The molecule has 0 fully saturated rings. The van der Waals surface area contributed by atoms with Gasteiger partial charge in [-0.1, -0.05) is 29.3 Å². The van der Waals surface area contributed by atoms with Crippen LogP contribution in [0.2, 0.25) is 10.0 Å². The number of carbonyl (C=O) groups is 1. The zero-order valence-electron chi connectivity index (χ0n) is 12.9. The number of benzene rings is 2. The molecule has 0 aliphatic heterocycles. The first-order valence-corrected chi connectivity index (χ1v) is 9.11. The van der Waals surface area contributed by atoms with Crippen LogP contribution in [0.15, 0.2) is 59.1 Å². The van der Waals surface area contributed by atoms with Gasteiger partial charge in [0.1, 0.15) is 11.6 Å². The number of hydrogen-bond acceptors (Lipinski definition) is 5. The monoisotopic (exact) mass is 411 g/mol. The highest BCUT2D eigenvalue weighted by Gasteiger charge is 2.12. The van der Waals surface area contributed by atoms with Gasteiger partial charge < -0.3 is 10.6 Å². The number of nitriles is 1. The van der Waals surface area contributed by atoms with Crippen LogP contribution in [0.5, 0.6) is 0 Å². The van der Waals surface area contributed by atoms with Crippen LogP contribution in [-0.4, -0.2) is 18.9 Å². The van der Waals surface area contributed by atoms with Crippen LogP contribution in [0.3, 0.4) is 0 Å². The number of carbonyl (C=O) groups excluding carboxylic acids is 1. The molecule has 0 spiro atoms. The maximum atomic E-state index is 12.2. The Morgan fingerprint density at radius 2 is 1.92 bits per heavy atom. The lowest BCUT2D eigenvalue weighted by molar-refractivity contribution is -0.112. The van der Waals surface area contributed by atoms with Gasteiger partial charge in [-0.3, -0.25) is 9.35 Å². The lowest BCUT2D eigenvalue weighted by Crippen LogP contribution is -2.14. The SMILES string of the molecule is N#C/C(=C/Nc1cccc(S(=O)(=O)O)c1)C(=O)Nc1ccc(Cl)cc1Cl. The first kappa shape index (κ1) is 19.8. The van der Waals surface area contributed by atoms with Crippen molar-refractivity contribution < 1.29 is 17.8 Å². The van der Waals surface area contributed by atoms with E-state index in [0.717, 1.165) is 12.3 Å². The second-order valence-corrected chi connectivity index (χ2v) is 7.16. The van der Waals surface area contributed by atoms with Crippen LogP contribution >= 0.6 is 23.2 Å². The van der Waals surface area contributed by atoms with Crippen molar-refractivity contribution in [2.45, 2.75) is 4.90 Å². The number of hydrogen-bond donors (Lipinski definition) is 3. The summed E-state index contributed by atoms with van der Waals surface area (Å²) in [7, 11) is -4.37. The fraction of sp³-hybridized carbons (Fsp3) is 0. The van der Waals surface area contributed by atoms with Crippen LogP contribution in [0.25, 0.3) is 0 Å². The maximum absolute atomic E-state index is 12.2. The Bertz CT molecular complexity index is 1030. The molecule has 7 nitrogen and oxygen atoms in total. The Morgan fingerprint density at radius 3 is 2.54 bits per heavy atom. The molecule has 0 saturated heterocycles. The molecule has 0 aromatic heterocycles. The summed E-state index contributed by atoms with van der Waals surface area (Å²) >= 11 is 11.7. The van der Waals surface area contributed by atoms with Crippen molar-refractivity contribution in [1.29, 1.82) is 5.26 Å². The minimum Gasteiger partial charge on any atom is -0.360 e. The van der Waals surface area contributed by atoms with E-state index >= 15 is 0 Å². The third-order valence-corrected chi connectivity index (χ3v) is 4.46. The van der Waals surface area contributed by atoms with E-state index in [4.69, 9.17) is 33.0 Å². The first-order chi connectivity index (χ1) is 12.2. The topological polar surface area (TPSA) is 119 Å². The average Bonchev–Trinajstić information content (AvgIpc) is 2.57. The predicted molar refractivity (Wildman–Crippen MR) is 98.7 cm³/mol. The van der Waals surface area contributed by atoms with E-state index < -0.39 is 16.0 Å². The zero-order valence-corrected chi connectivity index (χ0v) is 15.2. The van der Waals surface area contributed by atoms with Gasteiger partial charge in [-0.25, -0.2) is 0 Å². The van der Waals surface area contributed by atoms with Gasteiger partial charge in [0, 0.05) is 16.9 Å². The van der Waals surface area contributed by atoms with E-state index in [2.05, 4.69) is 10.6 Å². The Hall–Kier alpha value is -2.57. The van der Waals surface area contributed by atoms with Crippen molar-refractivity contribution in [2.75, 3.05) is 10.6 Å². The van der Waals surface area contributed by atoms with Crippen molar-refractivity contribution >= 4 is 50.6 Å². The summed E-state index contributed by atoms with van der Waals surface area (Å²) in [6.45, 7) is 0. The van der Waals surface area contributed by atoms with Gasteiger partial charge in [-0.15, -0.1) is 0 Å². The Kier molecular flexibility index (Phi) is 6.23. The normalized spacial score (nSPS) is 11.5. The Morgan fingerprint density at radius 1 is 1.19 bits per heavy atom. The second-order valence-electron chi connectivity index (χ2n) is 4.90. The number of anilines is 2. The van der Waals surface area contributed by atoms with Crippen LogP contribution < -0.4 is 10.6 Å². The lowest BCUT2D eigenvalue weighted by atomic mass is 10.2. The number of amides is 1. The molecular formula is C16H11Cl2N3O4S. The van der Waals surface area contributed by atoms with E-state index in [1.807, 2.05) is 0 Å². The summed E-state index contributed by atoms with van der Waals surface area (Å²) in [6, 6.07) is 11.4. The van der Waals surface area contributed by atoms with Crippen LogP contribution in [0.4, 0.5) is 11.4 Å². The third kappa shape index (κ3) is 5.21. The van der Waals surface area contributed by atoms with E-state index in [1.54, 1.807) is 6.07 Å². The molecule has 1 amide bonds. The molecule has 2 rings (SSSR count). The van der Waals surface area contributed by atoms with E-state index in [9.17, 15) is 13.2 Å². The van der Waals surface area contributed by atoms with Crippen LogP contribution in [0.1, 0.15) is 0 Å². The van der Waals surface area contributed by atoms with Crippen molar-refractivity contribution in [1.82, 2.24) is 0 Å². The lowest BCUT2D eigenvalue weighted by Gasteiger charge is -2.07. The van der Waals surface area contributed by atoms with E-state index in [0.29, 0.717) is 5.02 Å². The fourth-order valence-electron chi connectivity index (χ4n) is 1.83. The molecule has 0 radical (unpaired) electrons. The highest BCUT2D eigenvalue weighted by atomic mass is 35.5. The quantitative estimate of drug-likeness (QED) is 0.391. The van der Waals surface area contributed by atoms with Gasteiger partial charge >= 0.3 is 0 Å². The Labute approximate surface area is 159 Å². The molecule has 3 N–H and O–H groups in total. The minimum absolute atomic E-state index is 0.206. The molecule has 26 heavy (non-hydrogen) atoms. The van der Waals surface area contributed by atoms with Crippen LogP contribution in [-0.2, 0) is 14.9 Å². The van der Waals surface area contributed by atoms with E-state index in [-0.39, 0.29) is 26.9 Å². The largest absolute Gasteiger partial charge is 0.360 e. The predicted octanol–water partition coefficient (Wildman–Crippen LogP) is 3.70. The number of rotatable bonds is 5. The highest BCUT2D eigenvalue weighted by Crippen LogP contribution is 2.25. The Balaban J connectivity index is 2.17. The molecule has 10 heteroatoms. The molecule has 0 atom stereocenters. The molecule has 2 aromatic carbocycles. The molecule has 2 aromatic rings. The number of halogens is 2. The smallest absolute Gasteiger partial charge is 0.294 e. The van der Waals surface area contributed by atoms with Gasteiger partial charge in [0.05, 0.1) is 15.6 Å².